The van der Waals surface area contributed by atoms with Gasteiger partial charge in [0.2, 0.25) is 0 Å². The van der Waals surface area contributed by atoms with E-state index in [9.17, 15) is 13.2 Å². The quantitative estimate of drug-likeness (QED) is 0.0776. The minimum absolute atomic E-state index is 0.191. The maximum absolute atomic E-state index is 15.3. The summed E-state index contributed by atoms with van der Waals surface area (Å²) in [5.41, 5.74) is 1.55. The lowest BCUT2D eigenvalue weighted by molar-refractivity contribution is 0.509. The Kier molecular flexibility index (Phi) is 10.9. The zero-order valence-corrected chi connectivity index (χ0v) is 30.4. The van der Waals surface area contributed by atoms with E-state index >= 15 is 13.2 Å². The molecule has 0 aliphatic rings. The lowest BCUT2D eigenvalue weighted by atomic mass is 9.13. The fourth-order valence-corrected chi connectivity index (χ4v) is 13.3. The van der Waals surface area contributed by atoms with Gasteiger partial charge in [-0.3, -0.25) is 0 Å². The number of rotatable bonds is 10. The fraction of sp³-hybridized carbons (Fsp3) is 0.143. The zero-order valence-electron chi connectivity index (χ0n) is 28.6. The van der Waals surface area contributed by atoms with Gasteiger partial charge < -0.3 is 0 Å². The van der Waals surface area contributed by atoms with E-state index in [1.807, 2.05) is 54.6 Å². The largest absolute Gasteiger partial charge is 0.204 e. The van der Waals surface area contributed by atoms with Gasteiger partial charge >= 0.3 is 0 Å². The summed E-state index contributed by atoms with van der Waals surface area (Å²) >= 11 is 0. The molecule has 260 valence electrons. The van der Waals surface area contributed by atoms with Gasteiger partial charge in [0, 0.05) is 0 Å². The summed E-state index contributed by atoms with van der Waals surface area (Å²) in [5, 5.41) is 4.43. The van der Waals surface area contributed by atoms with Crippen molar-refractivity contribution in [3.05, 3.63) is 168 Å². The number of halogens is 6. The molecule has 51 heavy (non-hydrogen) atoms. The van der Waals surface area contributed by atoms with Crippen LogP contribution in [0.2, 0.25) is 0 Å². The van der Waals surface area contributed by atoms with Crippen molar-refractivity contribution in [3.8, 4) is 0 Å². The number of hydrogen-bond donors (Lipinski definition) is 0. The molecule has 0 N–H and O–H groups in total. The second kappa shape index (κ2) is 15.2. The highest BCUT2D eigenvalue weighted by atomic mass is 31.1. The monoisotopic (exact) mass is 727 g/mol. The summed E-state index contributed by atoms with van der Waals surface area (Å²) in [4.78, 5) is 0. The van der Waals surface area contributed by atoms with Crippen LogP contribution < -0.4 is 43.1 Å². The lowest BCUT2D eigenvalue weighted by Gasteiger charge is -2.45. The molecule has 0 aromatic heterocycles. The van der Waals surface area contributed by atoms with E-state index < -0.39 is 56.9 Å². The molecule has 0 heterocycles. The smallest absolute Gasteiger partial charge is 0.158 e. The van der Waals surface area contributed by atoms with Crippen LogP contribution in [0.1, 0.15) is 27.7 Å². The minimum Gasteiger partial charge on any atom is -0.204 e. The average Bonchev–Trinajstić information content (AvgIpc) is 3.11. The molecule has 0 unspecified atom stereocenters. The van der Waals surface area contributed by atoms with Crippen molar-refractivity contribution in [1.29, 1.82) is 0 Å². The van der Waals surface area contributed by atoms with Gasteiger partial charge in [-0.25, -0.2) is 26.3 Å². The summed E-state index contributed by atoms with van der Waals surface area (Å²) in [6, 6.07) is 36.5. The van der Waals surface area contributed by atoms with E-state index in [4.69, 9.17) is 0 Å². The van der Waals surface area contributed by atoms with E-state index in [2.05, 4.69) is 52.0 Å². The van der Waals surface area contributed by atoms with Crippen LogP contribution in [0.25, 0.3) is 0 Å². The van der Waals surface area contributed by atoms with Crippen LogP contribution >= 0.6 is 15.8 Å². The molecule has 0 saturated heterocycles. The van der Waals surface area contributed by atoms with Crippen LogP contribution in [0.15, 0.2) is 133 Å². The second-order valence-corrected chi connectivity index (χ2v) is 18.8. The van der Waals surface area contributed by atoms with Gasteiger partial charge in [-0.1, -0.05) is 151 Å². The molecule has 6 rings (SSSR count). The van der Waals surface area contributed by atoms with Crippen LogP contribution in [0.5, 0.6) is 0 Å². The third-order valence-electron chi connectivity index (χ3n) is 9.49. The summed E-state index contributed by atoms with van der Waals surface area (Å²) in [7, 11) is -1.98. The Morgan fingerprint density at radius 2 is 0.745 bits per heavy atom. The topological polar surface area (TPSA) is 0 Å². The Balaban J connectivity index is 1.78. The zero-order chi connectivity index (χ0) is 36.4. The fourth-order valence-electron chi connectivity index (χ4n) is 7.44. The molecule has 0 saturated carbocycles. The molecule has 0 radical (unpaired) electrons. The maximum atomic E-state index is 15.3. The second-order valence-electron chi connectivity index (χ2n) is 13.2. The molecule has 0 aliphatic carbocycles. The third-order valence-corrected chi connectivity index (χ3v) is 15.3. The van der Waals surface area contributed by atoms with E-state index in [1.165, 1.54) is 18.2 Å². The van der Waals surface area contributed by atoms with Gasteiger partial charge in [0.1, 0.15) is 6.15 Å². The van der Waals surface area contributed by atoms with E-state index in [0.29, 0.717) is 5.46 Å². The van der Waals surface area contributed by atoms with E-state index in [1.54, 1.807) is 0 Å². The van der Waals surface area contributed by atoms with Crippen molar-refractivity contribution < 1.29 is 26.3 Å². The molecule has 6 aromatic rings. The van der Waals surface area contributed by atoms with Gasteiger partial charge in [0.15, 0.2) is 34.9 Å². The van der Waals surface area contributed by atoms with Crippen LogP contribution in [-0.2, 0) is 0 Å². The van der Waals surface area contributed by atoms with Crippen molar-refractivity contribution in [2.24, 2.45) is 0 Å². The SMILES string of the molecule is CC(C)P(c1cc([B-](c2ccc(F)c(F)c2)(c2ccc(F)c(F)c2)c2ccc(F)c(F)c2)ccc1P(c1ccccc1)c1ccccc1)C(C)C. The van der Waals surface area contributed by atoms with Crippen LogP contribution in [0.4, 0.5) is 26.3 Å². The standard InChI is InChI=1S/C42H36BF6P2/c1-27(2)50(28(3)4)42-26-32(18-22-41(42)51(33-11-7-5-8-12-33)34-13-9-6-10-14-34)43(29-15-19-35(44)38(47)23-29,30-16-20-36(45)39(48)24-30)31-17-21-37(46)40(49)25-31/h5-28H,1-4H3/q-1. The van der Waals surface area contributed by atoms with Crippen molar-refractivity contribution in [1.82, 2.24) is 0 Å². The van der Waals surface area contributed by atoms with Crippen molar-refractivity contribution in [3.63, 3.8) is 0 Å². The van der Waals surface area contributed by atoms with Crippen LogP contribution in [-0.4, -0.2) is 17.5 Å². The minimum atomic E-state index is -2.77. The normalized spacial score (nSPS) is 12.0. The van der Waals surface area contributed by atoms with Gasteiger partial charge in [-0.2, -0.15) is 21.9 Å². The number of hydrogen-bond acceptors (Lipinski definition) is 0. The molecule has 0 amide bonds. The highest BCUT2D eigenvalue weighted by molar-refractivity contribution is 7.82. The Hall–Kier alpha value is -4.18. The van der Waals surface area contributed by atoms with E-state index in [0.717, 1.165) is 57.6 Å². The predicted octanol–water partition coefficient (Wildman–Crippen LogP) is 7.58. The molecule has 9 heteroatoms. The highest BCUT2D eigenvalue weighted by Gasteiger charge is 2.36. The molecular weight excluding hydrogens is 691 g/mol. The summed E-state index contributed by atoms with van der Waals surface area (Å²) < 4.78 is 89.5. The van der Waals surface area contributed by atoms with Crippen LogP contribution in [0.3, 0.4) is 0 Å². The average molecular weight is 727 g/mol. The Bertz CT molecular complexity index is 1980. The predicted molar refractivity (Wildman–Crippen MR) is 205 cm³/mol. The summed E-state index contributed by atoms with van der Waals surface area (Å²) in [6.45, 7) is 8.70. The Morgan fingerprint density at radius 1 is 0.392 bits per heavy atom. The molecule has 0 bridgehead atoms. The van der Waals surface area contributed by atoms with Gasteiger partial charge in [0.05, 0.1) is 0 Å². The molecule has 0 fully saturated rings. The van der Waals surface area contributed by atoms with Crippen molar-refractivity contribution in [2.75, 3.05) is 0 Å². The Morgan fingerprint density at radius 3 is 1.10 bits per heavy atom. The first-order chi connectivity index (χ1) is 24.4. The first-order valence-electron chi connectivity index (χ1n) is 16.8. The Labute approximate surface area is 298 Å². The molecule has 0 atom stereocenters. The number of benzene rings is 6. The highest BCUT2D eigenvalue weighted by Crippen LogP contribution is 2.47. The molecular formula is C42H36BF6P2-. The van der Waals surface area contributed by atoms with Crippen LogP contribution in [0, 0.1) is 34.9 Å². The van der Waals surface area contributed by atoms with Gasteiger partial charge in [-0.05, 0) is 58.7 Å². The molecule has 0 nitrogen and oxygen atoms in total. The molecule has 0 aliphatic heterocycles. The van der Waals surface area contributed by atoms with Gasteiger partial charge in [0.25, 0.3) is 0 Å². The molecule has 6 aromatic carbocycles. The van der Waals surface area contributed by atoms with Gasteiger partial charge in [-0.15, -0.1) is 0 Å². The summed E-state index contributed by atoms with van der Waals surface area (Å²) in [6.07, 6.45) is -2.77. The summed E-state index contributed by atoms with van der Waals surface area (Å²) in [5.74, 6) is -6.80. The first-order valence-corrected chi connectivity index (χ1v) is 19.6. The third kappa shape index (κ3) is 7.04. The molecule has 0 spiro atoms. The van der Waals surface area contributed by atoms with E-state index in [-0.39, 0.29) is 27.7 Å². The maximum Gasteiger partial charge on any atom is 0.158 e. The lowest BCUT2D eigenvalue weighted by Crippen LogP contribution is -2.75. The van der Waals surface area contributed by atoms with Crippen molar-refractivity contribution in [2.45, 2.75) is 39.0 Å². The van der Waals surface area contributed by atoms with Crippen molar-refractivity contribution >= 4 is 65.1 Å². The first kappa shape index (κ1) is 36.6.